The number of amides is 1. The van der Waals surface area contributed by atoms with E-state index in [4.69, 9.17) is 5.11 Å². The fourth-order valence-electron chi connectivity index (χ4n) is 3.36. The molecular formula is C22H30N2O4. The van der Waals surface area contributed by atoms with Crippen molar-refractivity contribution >= 4 is 11.9 Å². The predicted molar refractivity (Wildman–Crippen MR) is 108 cm³/mol. The first kappa shape index (κ1) is 21.8. The highest BCUT2D eigenvalue weighted by atomic mass is 16.4. The zero-order valence-electron chi connectivity index (χ0n) is 16.5. The summed E-state index contributed by atoms with van der Waals surface area (Å²) in [6.45, 7) is 2.44. The van der Waals surface area contributed by atoms with E-state index in [-0.39, 0.29) is 18.4 Å². The van der Waals surface area contributed by atoms with Gasteiger partial charge in [-0.3, -0.25) is 14.6 Å². The minimum Gasteiger partial charge on any atom is -0.481 e. The lowest BCUT2D eigenvalue weighted by Gasteiger charge is -2.33. The Bertz CT molecular complexity index is 714. The highest BCUT2D eigenvalue weighted by molar-refractivity contribution is 5.77. The monoisotopic (exact) mass is 386 g/mol. The van der Waals surface area contributed by atoms with Crippen LogP contribution in [0.1, 0.15) is 49.8 Å². The Morgan fingerprint density at radius 3 is 3.00 bits per heavy atom. The van der Waals surface area contributed by atoms with Gasteiger partial charge in [-0.2, -0.15) is 0 Å². The summed E-state index contributed by atoms with van der Waals surface area (Å²) < 4.78 is 0. The smallest absolute Gasteiger partial charge is 0.303 e. The second kappa shape index (κ2) is 11.4. The number of piperidine rings is 1. The molecule has 1 unspecified atom stereocenters. The molecule has 2 rings (SSSR count). The Labute approximate surface area is 166 Å². The largest absolute Gasteiger partial charge is 0.481 e. The molecule has 1 aliphatic rings. The first-order valence-corrected chi connectivity index (χ1v) is 9.90. The number of aryl methyl sites for hydroxylation is 1. The van der Waals surface area contributed by atoms with Crippen LogP contribution < -0.4 is 0 Å². The van der Waals surface area contributed by atoms with Gasteiger partial charge in [0.05, 0.1) is 12.1 Å². The number of nitrogens with zero attached hydrogens (tertiary/aromatic N) is 2. The van der Waals surface area contributed by atoms with Crippen molar-refractivity contribution in [2.24, 2.45) is 0 Å². The molecule has 6 nitrogen and oxygen atoms in total. The van der Waals surface area contributed by atoms with Crippen molar-refractivity contribution in [1.29, 1.82) is 0 Å². The van der Waals surface area contributed by atoms with E-state index in [0.29, 0.717) is 32.2 Å². The molecule has 2 N–H and O–H groups in total. The molecule has 28 heavy (non-hydrogen) atoms. The van der Waals surface area contributed by atoms with Crippen LogP contribution >= 0.6 is 0 Å². The van der Waals surface area contributed by atoms with E-state index in [0.717, 1.165) is 24.1 Å². The Morgan fingerprint density at radius 1 is 1.43 bits per heavy atom. The van der Waals surface area contributed by atoms with Crippen molar-refractivity contribution in [2.75, 3.05) is 6.54 Å². The molecule has 2 heterocycles. The Balaban J connectivity index is 1.87. The van der Waals surface area contributed by atoms with Gasteiger partial charge in [0, 0.05) is 37.7 Å². The number of aliphatic hydroxyl groups is 1. The highest BCUT2D eigenvalue weighted by Crippen LogP contribution is 2.20. The van der Waals surface area contributed by atoms with Gasteiger partial charge in [0.1, 0.15) is 0 Å². The molecule has 0 aromatic carbocycles. The summed E-state index contributed by atoms with van der Waals surface area (Å²) in [6.07, 6.45) is 13.0. The van der Waals surface area contributed by atoms with Crippen LogP contribution in [0.5, 0.6) is 0 Å². The Hall–Kier alpha value is -2.47. The van der Waals surface area contributed by atoms with Gasteiger partial charge in [-0.15, -0.1) is 0 Å². The lowest BCUT2D eigenvalue weighted by atomic mass is 9.99. The van der Waals surface area contributed by atoms with Crippen molar-refractivity contribution in [1.82, 2.24) is 9.88 Å². The van der Waals surface area contributed by atoms with Crippen LogP contribution in [-0.2, 0) is 16.0 Å². The molecule has 152 valence electrons. The Morgan fingerprint density at radius 2 is 2.25 bits per heavy atom. The van der Waals surface area contributed by atoms with Crippen LogP contribution in [-0.4, -0.2) is 50.7 Å². The van der Waals surface area contributed by atoms with Crippen LogP contribution in [0.4, 0.5) is 0 Å². The van der Waals surface area contributed by atoms with E-state index in [1.165, 1.54) is 0 Å². The maximum Gasteiger partial charge on any atom is 0.303 e. The van der Waals surface area contributed by atoms with Crippen molar-refractivity contribution in [3.8, 4) is 0 Å². The van der Waals surface area contributed by atoms with Crippen LogP contribution in [0.15, 0.2) is 42.6 Å². The lowest BCUT2D eigenvalue weighted by molar-refractivity contribution is -0.137. The fraction of sp³-hybridized carbons (Fsp3) is 0.500. The van der Waals surface area contributed by atoms with Gasteiger partial charge in [-0.25, -0.2) is 0 Å². The summed E-state index contributed by atoms with van der Waals surface area (Å²) >= 11 is 0. The van der Waals surface area contributed by atoms with E-state index in [9.17, 15) is 14.7 Å². The zero-order chi connectivity index (χ0) is 20.4. The summed E-state index contributed by atoms with van der Waals surface area (Å²) in [7, 11) is 0. The third-order valence-electron chi connectivity index (χ3n) is 4.80. The standard InChI is InChI=1S/C22H30N2O4/c1-17-15-18(12-13-23-17)16-20(25)11-10-19-7-6-8-21(26)24(19)14-5-3-2-4-9-22(27)28/h3,5,10-13,15,19-20,25H,2,4,6-9,14,16H2,1H3,(H,27,28)/t19-,20?/m1/s1. The van der Waals surface area contributed by atoms with Crippen LogP contribution in [0.2, 0.25) is 0 Å². The molecule has 0 bridgehead atoms. The van der Waals surface area contributed by atoms with Gasteiger partial charge in [0.25, 0.3) is 0 Å². The second-order valence-electron chi connectivity index (χ2n) is 7.22. The maximum atomic E-state index is 12.3. The lowest BCUT2D eigenvalue weighted by Crippen LogP contribution is -2.42. The van der Waals surface area contributed by atoms with Crippen LogP contribution in [0.25, 0.3) is 0 Å². The van der Waals surface area contributed by atoms with Crippen molar-refractivity contribution in [3.63, 3.8) is 0 Å². The molecule has 0 spiro atoms. The number of allylic oxidation sites excluding steroid dienone is 1. The molecule has 1 aromatic heterocycles. The average Bonchev–Trinajstić information content (AvgIpc) is 2.64. The maximum absolute atomic E-state index is 12.3. The highest BCUT2D eigenvalue weighted by Gasteiger charge is 2.25. The van der Waals surface area contributed by atoms with Crippen LogP contribution in [0, 0.1) is 6.92 Å². The number of aliphatic hydroxyl groups excluding tert-OH is 1. The Kier molecular flexibility index (Phi) is 8.88. The first-order chi connectivity index (χ1) is 13.5. The van der Waals surface area contributed by atoms with Crippen molar-refractivity contribution in [2.45, 2.75) is 64.0 Å². The summed E-state index contributed by atoms with van der Waals surface area (Å²) in [5, 5.41) is 19.0. The van der Waals surface area contributed by atoms with Gasteiger partial charge in [-0.05, 0) is 50.3 Å². The number of unbranched alkanes of at least 4 members (excludes halogenated alkanes) is 1. The predicted octanol–water partition coefficient (Wildman–Crippen LogP) is 3.04. The molecule has 6 heteroatoms. The number of carbonyl (C=O) groups excluding carboxylic acids is 1. The van der Waals surface area contributed by atoms with Crippen molar-refractivity contribution in [3.05, 3.63) is 53.9 Å². The van der Waals surface area contributed by atoms with Gasteiger partial charge >= 0.3 is 5.97 Å². The van der Waals surface area contributed by atoms with Gasteiger partial charge in [-0.1, -0.05) is 24.3 Å². The zero-order valence-corrected chi connectivity index (χ0v) is 16.5. The molecule has 0 saturated carbocycles. The summed E-state index contributed by atoms with van der Waals surface area (Å²) in [4.78, 5) is 28.8. The third-order valence-corrected chi connectivity index (χ3v) is 4.80. The number of carboxylic acids is 1. The third kappa shape index (κ3) is 7.64. The number of aliphatic carboxylic acids is 1. The SMILES string of the molecule is Cc1cc(CC(O)C=C[C@H]2CCCC(=O)N2CC=CCCCC(=O)O)ccn1. The number of rotatable bonds is 10. The van der Waals surface area contributed by atoms with E-state index in [1.807, 2.05) is 42.2 Å². The summed E-state index contributed by atoms with van der Waals surface area (Å²) in [5.41, 5.74) is 1.96. The topological polar surface area (TPSA) is 90.7 Å². The number of pyridine rings is 1. The molecule has 1 amide bonds. The van der Waals surface area contributed by atoms with E-state index >= 15 is 0 Å². The second-order valence-corrected chi connectivity index (χ2v) is 7.22. The first-order valence-electron chi connectivity index (χ1n) is 9.90. The van der Waals surface area contributed by atoms with Gasteiger partial charge < -0.3 is 15.1 Å². The number of aromatic nitrogens is 1. The van der Waals surface area contributed by atoms with Gasteiger partial charge in [0.2, 0.25) is 5.91 Å². The molecule has 0 radical (unpaired) electrons. The van der Waals surface area contributed by atoms with Crippen LogP contribution in [0.3, 0.4) is 0 Å². The van der Waals surface area contributed by atoms with E-state index < -0.39 is 12.1 Å². The normalized spacial score (nSPS) is 18.9. The molecule has 1 fully saturated rings. The molecule has 2 atom stereocenters. The molecular weight excluding hydrogens is 356 g/mol. The van der Waals surface area contributed by atoms with E-state index in [2.05, 4.69) is 4.98 Å². The fourth-order valence-corrected chi connectivity index (χ4v) is 3.36. The number of hydrogen-bond acceptors (Lipinski definition) is 4. The molecule has 1 saturated heterocycles. The quantitative estimate of drug-likeness (QED) is 0.476. The van der Waals surface area contributed by atoms with E-state index in [1.54, 1.807) is 12.3 Å². The molecule has 1 aliphatic heterocycles. The average molecular weight is 386 g/mol. The summed E-state index contributed by atoms with van der Waals surface area (Å²) in [6, 6.07) is 3.84. The number of likely N-dealkylation sites (tertiary alicyclic amines) is 1. The summed E-state index contributed by atoms with van der Waals surface area (Å²) in [5.74, 6) is -0.666. The minimum absolute atomic E-state index is 0.0151. The number of hydrogen-bond donors (Lipinski definition) is 2. The van der Waals surface area contributed by atoms with Crippen molar-refractivity contribution < 1.29 is 19.8 Å². The molecule has 1 aromatic rings. The number of carbonyl (C=O) groups is 2. The molecule has 0 aliphatic carbocycles. The minimum atomic E-state index is -0.787. The number of carboxylic acid groups (broad SMARTS) is 1. The van der Waals surface area contributed by atoms with Gasteiger partial charge in [0.15, 0.2) is 0 Å².